The van der Waals surface area contributed by atoms with E-state index in [1.807, 2.05) is 7.05 Å². The summed E-state index contributed by atoms with van der Waals surface area (Å²) in [5.74, 6) is -0.506. The molecule has 0 saturated heterocycles. The fraction of sp³-hybridized carbons (Fsp3) is 0.250. The van der Waals surface area contributed by atoms with Gasteiger partial charge in [-0.05, 0) is 25.1 Å². The number of anilines is 3. The second-order valence-electron chi connectivity index (χ2n) is 7.53. The van der Waals surface area contributed by atoms with Crippen molar-refractivity contribution in [3.63, 3.8) is 0 Å². The fourth-order valence-electron chi connectivity index (χ4n) is 3.30. The van der Waals surface area contributed by atoms with Crippen molar-refractivity contribution < 1.29 is 22.8 Å². The summed E-state index contributed by atoms with van der Waals surface area (Å²) in [5, 5.41) is 7.41. The molecular formula is C20H19F3N8O2S. The van der Waals surface area contributed by atoms with Crippen LogP contribution in [0.25, 0.3) is 0 Å². The molecule has 3 aromatic rings. The molecule has 178 valence electrons. The third-order valence-corrected chi connectivity index (χ3v) is 6.11. The summed E-state index contributed by atoms with van der Waals surface area (Å²) >= 11 is 1.01. The molecule has 0 bridgehead atoms. The van der Waals surface area contributed by atoms with Gasteiger partial charge in [0.25, 0.3) is 11.8 Å². The minimum atomic E-state index is -4.65. The number of fused-ring (bicyclic) bond motifs is 1. The SMILES string of the molecule is CC(NC(=O)c1ncnc2c1CN(C)N2)c1ncc(C(=O)Nc2ccc(N)c(C(F)(F)F)c2)s1. The van der Waals surface area contributed by atoms with Crippen LogP contribution in [0.1, 0.15) is 49.3 Å². The van der Waals surface area contributed by atoms with E-state index >= 15 is 0 Å². The summed E-state index contributed by atoms with van der Waals surface area (Å²) in [7, 11) is 1.81. The minimum Gasteiger partial charge on any atom is -0.398 e. The molecule has 0 saturated carbocycles. The predicted molar refractivity (Wildman–Crippen MR) is 119 cm³/mol. The van der Waals surface area contributed by atoms with Gasteiger partial charge < -0.3 is 21.8 Å². The van der Waals surface area contributed by atoms with Gasteiger partial charge in [0.2, 0.25) is 0 Å². The molecule has 14 heteroatoms. The molecule has 0 radical (unpaired) electrons. The Kier molecular flexibility index (Phi) is 6.10. The zero-order valence-corrected chi connectivity index (χ0v) is 18.7. The number of thiazole rings is 1. The van der Waals surface area contributed by atoms with Crippen molar-refractivity contribution in [2.45, 2.75) is 25.7 Å². The standard InChI is InChI=1S/C20H19F3N8O2S/c1-9(28-18(33)15-11-7-31(2)30-16(11)27-8-26-15)19-25-6-14(34-19)17(32)29-10-3-4-13(24)12(5-10)20(21,22)23/h3-6,8-9H,7,24H2,1-2H3,(H,28,33)(H,29,32)(H,26,27,30). The number of amides is 2. The normalized spacial score (nSPS) is 14.3. The quantitative estimate of drug-likeness (QED) is 0.399. The number of hydrazine groups is 1. The maximum atomic E-state index is 13.1. The number of alkyl halides is 3. The maximum Gasteiger partial charge on any atom is 0.418 e. The zero-order valence-electron chi connectivity index (χ0n) is 17.9. The number of benzene rings is 1. The van der Waals surface area contributed by atoms with Gasteiger partial charge in [0.1, 0.15) is 27.7 Å². The van der Waals surface area contributed by atoms with Gasteiger partial charge in [-0.2, -0.15) is 13.2 Å². The Hall–Kier alpha value is -3.78. The number of nitrogen functional groups attached to an aromatic ring is 1. The molecule has 0 spiro atoms. The number of halogens is 3. The van der Waals surface area contributed by atoms with Gasteiger partial charge in [-0.25, -0.2) is 20.0 Å². The smallest absolute Gasteiger partial charge is 0.398 e. The van der Waals surface area contributed by atoms with E-state index in [4.69, 9.17) is 5.73 Å². The van der Waals surface area contributed by atoms with Crippen LogP contribution in [0.2, 0.25) is 0 Å². The van der Waals surface area contributed by atoms with Gasteiger partial charge in [-0.1, -0.05) is 0 Å². The van der Waals surface area contributed by atoms with Crippen LogP contribution in [0, 0.1) is 0 Å². The third kappa shape index (κ3) is 4.77. The molecule has 1 aromatic carbocycles. The van der Waals surface area contributed by atoms with Crippen molar-refractivity contribution in [3.05, 3.63) is 57.4 Å². The Bertz CT molecular complexity index is 1260. The second-order valence-corrected chi connectivity index (χ2v) is 8.59. The molecule has 1 unspecified atom stereocenters. The van der Waals surface area contributed by atoms with Crippen LogP contribution in [0.15, 0.2) is 30.7 Å². The summed E-state index contributed by atoms with van der Waals surface area (Å²) in [4.78, 5) is 37.8. The largest absolute Gasteiger partial charge is 0.418 e. The Morgan fingerprint density at radius 1 is 1.24 bits per heavy atom. The third-order valence-electron chi connectivity index (χ3n) is 4.93. The molecule has 2 amide bonds. The summed E-state index contributed by atoms with van der Waals surface area (Å²) < 4.78 is 39.2. The summed E-state index contributed by atoms with van der Waals surface area (Å²) in [5.41, 5.74) is 7.75. The Morgan fingerprint density at radius 2 is 2.00 bits per heavy atom. The van der Waals surface area contributed by atoms with E-state index in [1.54, 1.807) is 11.9 Å². The molecule has 1 aliphatic heterocycles. The summed E-state index contributed by atoms with van der Waals surface area (Å²) in [6.45, 7) is 2.15. The molecule has 1 aliphatic rings. The van der Waals surface area contributed by atoms with Crippen molar-refractivity contribution >= 4 is 40.3 Å². The average Bonchev–Trinajstić information content (AvgIpc) is 3.40. The van der Waals surface area contributed by atoms with Gasteiger partial charge in [0, 0.05) is 30.5 Å². The summed E-state index contributed by atoms with van der Waals surface area (Å²) in [6.07, 6.45) is -2.07. The van der Waals surface area contributed by atoms with E-state index in [0.717, 1.165) is 23.5 Å². The minimum absolute atomic E-state index is 0.0565. The van der Waals surface area contributed by atoms with Crippen LogP contribution >= 0.6 is 11.3 Å². The lowest BCUT2D eigenvalue weighted by Crippen LogP contribution is -2.28. The number of carbonyl (C=O) groups is 2. The number of hydrogen-bond acceptors (Lipinski definition) is 9. The number of nitrogens with two attached hydrogens (primary N) is 1. The molecule has 0 aliphatic carbocycles. The van der Waals surface area contributed by atoms with Crippen LogP contribution < -0.4 is 21.8 Å². The molecular weight excluding hydrogens is 473 g/mol. The van der Waals surface area contributed by atoms with E-state index < -0.39 is 35.3 Å². The molecule has 5 N–H and O–H groups in total. The van der Waals surface area contributed by atoms with E-state index in [1.165, 1.54) is 18.6 Å². The molecule has 10 nitrogen and oxygen atoms in total. The molecule has 2 aromatic heterocycles. The highest BCUT2D eigenvalue weighted by Gasteiger charge is 2.33. The highest BCUT2D eigenvalue weighted by molar-refractivity contribution is 7.13. The first-order valence-corrected chi connectivity index (χ1v) is 10.7. The number of nitrogens with zero attached hydrogens (tertiary/aromatic N) is 4. The Labute approximate surface area is 195 Å². The Balaban J connectivity index is 1.44. The van der Waals surface area contributed by atoms with Gasteiger partial charge in [-0.15, -0.1) is 11.3 Å². The van der Waals surface area contributed by atoms with Crippen molar-refractivity contribution in [2.75, 3.05) is 23.5 Å². The first-order chi connectivity index (χ1) is 16.0. The van der Waals surface area contributed by atoms with E-state index in [-0.39, 0.29) is 16.3 Å². The highest BCUT2D eigenvalue weighted by Crippen LogP contribution is 2.35. The van der Waals surface area contributed by atoms with Gasteiger partial charge >= 0.3 is 6.18 Å². The monoisotopic (exact) mass is 492 g/mol. The van der Waals surface area contributed by atoms with Crippen molar-refractivity contribution in [2.24, 2.45) is 0 Å². The number of hydrogen-bond donors (Lipinski definition) is 4. The second kappa shape index (κ2) is 8.87. The first kappa shape index (κ1) is 23.4. The van der Waals surface area contributed by atoms with E-state index in [9.17, 15) is 22.8 Å². The predicted octanol–water partition coefficient (Wildman–Crippen LogP) is 3.05. The van der Waals surface area contributed by atoms with Crippen LogP contribution in [-0.2, 0) is 12.7 Å². The molecule has 3 heterocycles. The van der Waals surface area contributed by atoms with Crippen LogP contribution in [0.5, 0.6) is 0 Å². The molecule has 34 heavy (non-hydrogen) atoms. The molecule has 0 fully saturated rings. The molecule has 1 atom stereocenters. The Morgan fingerprint density at radius 3 is 2.74 bits per heavy atom. The topological polar surface area (TPSA) is 138 Å². The van der Waals surface area contributed by atoms with Crippen LogP contribution in [0.3, 0.4) is 0 Å². The van der Waals surface area contributed by atoms with E-state index in [2.05, 4.69) is 31.0 Å². The van der Waals surface area contributed by atoms with Gasteiger partial charge in [0.05, 0.1) is 17.8 Å². The van der Waals surface area contributed by atoms with Crippen LogP contribution in [-0.4, -0.2) is 38.8 Å². The number of rotatable bonds is 5. The number of nitrogens with one attached hydrogen (secondary N) is 3. The zero-order chi connectivity index (χ0) is 24.6. The highest BCUT2D eigenvalue weighted by atomic mass is 32.1. The lowest BCUT2D eigenvalue weighted by atomic mass is 10.1. The lowest BCUT2D eigenvalue weighted by molar-refractivity contribution is -0.136. The summed E-state index contributed by atoms with van der Waals surface area (Å²) in [6, 6.07) is 2.57. The van der Waals surface area contributed by atoms with Crippen molar-refractivity contribution in [1.29, 1.82) is 0 Å². The van der Waals surface area contributed by atoms with Crippen LogP contribution in [0.4, 0.5) is 30.4 Å². The van der Waals surface area contributed by atoms with E-state index in [0.29, 0.717) is 22.9 Å². The fourth-order valence-corrected chi connectivity index (χ4v) is 4.12. The maximum absolute atomic E-state index is 13.1. The number of aromatic nitrogens is 3. The average molecular weight is 492 g/mol. The lowest BCUT2D eigenvalue weighted by Gasteiger charge is -2.12. The van der Waals surface area contributed by atoms with Gasteiger partial charge in [-0.3, -0.25) is 9.59 Å². The van der Waals surface area contributed by atoms with Crippen molar-refractivity contribution in [3.8, 4) is 0 Å². The number of carbonyl (C=O) groups excluding carboxylic acids is 2. The molecule has 4 rings (SSSR count). The first-order valence-electron chi connectivity index (χ1n) is 9.89. The van der Waals surface area contributed by atoms with Crippen molar-refractivity contribution in [1.82, 2.24) is 25.3 Å². The van der Waals surface area contributed by atoms with Gasteiger partial charge in [0.15, 0.2) is 0 Å².